The van der Waals surface area contributed by atoms with Crippen molar-refractivity contribution in [3.05, 3.63) is 30.1 Å². The number of nitrogens with two attached hydrogens (primary N) is 1. The van der Waals surface area contributed by atoms with E-state index >= 15 is 0 Å². The number of rotatable bonds is 4. The first-order valence-electron chi connectivity index (χ1n) is 7.73. The van der Waals surface area contributed by atoms with Gasteiger partial charge in [-0.25, -0.2) is 0 Å². The molecule has 0 spiro atoms. The number of pyridine rings is 1. The van der Waals surface area contributed by atoms with Crippen LogP contribution in [0.4, 0.5) is 11.4 Å². The average Bonchev–Trinajstić information content (AvgIpc) is 2.99. The average molecular weight is 285 g/mol. The van der Waals surface area contributed by atoms with Crippen molar-refractivity contribution in [2.75, 3.05) is 23.8 Å². The van der Waals surface area contributed by atoms with Crippen molar-refractivity contribution in [2.45, 2.75) is 38.6 Å². The summed E-state index contributed by atoms with van der Waals surface area (Å²) in [7, 11) is 0. The molecule has 4 nitrogen and oxygen atoms in total. The van der Waals surface area contributed by atoms with Gasteiger partial charge in [0, 0.05) is 46.6 Å². The molecule has 2 aromatic rings. The largest absolute Gasteiger partial charge is 0.398 e. The molecule has 0 bridgehead atoms. The summed E-state index contributed by atoms with van der Waals surface area (Å²) in [6, 6.07) is 6.66. The molecule has 3 rings (SSSR count). The van der Waals surface area contributed by atoms with Crippen LogP contribution in [0.3, 0.4) is 0 Å². The van der Waals surface area contributed by atoms with Crippen LogP contribution in [0.15, 0.2) is 24.4 Å². The number of aliphatic hydroxyl groups is 1. The second-order valence-electron chi connectivity index (χ2n) is 5.90. The van der Waals surface area contributed by atoms with Crippen molar-refractivity contribution in [3.8, 4) is 0 Å². The lowest BCUT2D eigenvalue weighted by molar-refractivity contribution is 0.297. The highest BCUT2D eigenvalue weighted by atomic mass is 16.3. The Bertz CT molecular complexity index is 635. The van der Waals surface area contributed by atoms with Crippen LogP contribution in [-0.2, 0) is 0 Å². The van der Waals surface area contributed by atoms with Gasteiger partial charge in [0.1, 0.15) is 0 Å². The molecule has 1 saturated carbocycles. The van der Waals surface area contributed by atoms with E-state index in [1.165, 1.54) is 31.4 Å². The maximum absolute atomic E-state index is 9.46. The summed E-state index contributed by atoms with van der Waals surface area (Å²) in [6.45, 7) is 2.84. The predicted molar refractivity (Wildman–Crippen MR) is 87.6 cm³/mol. The minimum Gasteiger partial charge on any atom is -0.398 e. The Kier molecular flexibility index (Phi) is 3.97. The fourth-order valence-electron chi connectivity index (χ4n) is 3.42. The van der Waals surface area contributed by atoms with Gasteiger partial charge in [-0.3, -0.25) is 4.98 Å². The molecule has 0 aliphatic heterocycles. The minimum atomic E-state index is 0.173. The highest BCUT2D eigenvalue weighted by molar-refractivity contribution is 6.01. The Balaban J connectivity index is 2.12. The highest BCUT2D eigenvalue weighted by Gasteiger charge is 2.24. The van der Waals surface area contributed by atoms with Gasteiger partial charge in [-0.05, 0) is 38.0 Å². The van der Waals surface area contributed by atoms with E-state index < -0.39 is 0 Å². The number of anilines is 2. The van der Waals surface area contributed by atoms with Crippen LogP contribution in [0.1, 0.15) is 31.4 Å². The SMILES string of the molecule is Cc1cc2c(N(CCO)C3CCCC3)ccc(N)c2cn1. The highest BCUT2D eigenvalue weighted by Crippen LogP contribution is 2.35. The molecule has 0 unspecified atom stereocenters. The Morgan fingerprint density at radius 2 is 2.05 bits per heavy atom. The second-order valence-corrected chi connectivity index (χ2v) is 5.90. The number of fused-ring (bicyclic) bond motifs is 1. The molecule has 1 aromatic carbocycles. The number of hydrogen-bond donors (Lipinski definition) is 2. The molecular weight excluding hydrogens is 262 g/mol. The first-order chi connectivity index (χ1) is 10.2. The van der Waals surface area contributed by atoms with E-state index in [4.69, 9.17) is 5.73 Å². The van der Waals surface area contributed by atoms with Gasteiger partial charge in [0.15, 0.2) is 0 Å². The van der Waals surface area contributed by atoms with Crippen molar-refractivity contribution < 1.29 is 5.11 Å². The van der Waals surface area contributed by atoms with Gasteiger partial charge in [-0.2, -0.15) is 0 Å². The molecule has 112 valence electrons. The van der Waals surface area contributed by atoms with Gasteiger partial charge in [0.05, 0.1) is 6.61 Å². The fraction of sp³-hybridized carbons (Fsp3) is 0.471. The Morgan fingerprint density at radius 1 is 1.29 bits per heavy atom. The molecule has 1 fully saturated rings. The van der Waals surface area contributed by atoms with E-state index in [2.05, 4.69) is 22.0 Å². The molecule has 1 aliphatic carbocycles. The summed E-state index contributed by atoms with van der Waals surface area (Å²) in [5, 5.41) is 11.6. The maximum Gasteiger partial charge on any atom is 0.0606 e. The summed E-state index contributed by atoms with van der Waals surface area (Å²) in [5.74, 6) is 0. The van der Waals surface area contributed by atoms with Gasteiger partial charge in [0.2, 0.25) is 0 Å². The van der Waals surface area contributed by atoms with Gasteiger partial charge < -0.3 is 15.7 Å². The topological polar surface area (TPSA) is 62.4 Å². The van der Waals surface area contributed by atoms with Crippen LogP contribution < -0.4 is 10.6 Å². The zero-order valence-electron chi connectivity index (χ0n) is 12.5. The minimum absolute atomic E-state index is 0.173. The zero-order chi connectivity index (χ0) is 14.8. The number of benzene rings is 1. The van der Waals surface area contributed by atoms with Crippen LogP contribution in [0.5, 0.6) is 0 Å². The molecule has 3 N–H and O–H groups in total. The Labute approximate surface area is 125 Å². The Hall–Kier alpha value is -1.81. The lowest BCUT2D eigenvalue weighted by Crippen LogP contribution is -2.35. The molecule has 21 heavy (non-hydrogen) atoms. The van der Waals surface area contributed by atoms with Crippen molar-refractivity contribution in [1.29, 1.82) is 0 Å². The maximum atomic E-state index is 9.46. The summed E-state index contributed by atoms with van der Waals surface area (Å²) in [4.78, 5) is 6.72. The van der Waals surface area contributed by atoms with E-state index in [0.717, 1.165) is 22.2 Å². The molecule has 0 radical (unpaired) electrons. The summed E-state index contributed by atoms with van der Waals surface area (Å²) in [6.07, 6.45) is 6.82. The van der Waals surface area contributed by atoms with E-state index in [1.54, 1.807) is 0 Å². The standard InChI is InChI=1S/C17H23N3O/c1-12-10-14-15(11-19-12)16(18)6-7-17(14)20(8-9-21)13-4-2-3-5-13/h6-7,10-11,13,21H,2-5,8-9,18H2,1H3. The van der Waals surface area contributed by atoms with E-state index in [9.17, 15) is 5.11 Å². The zero-order valence-corrected chi connectivity index (χ0v) is 12.5. The van der Waals surface area contributed by atoms with Gasteiger partial charge in [-0.1, -0.05) is 12.8 Å². The van der Waals surface area contributed by atoms with Crippen LogP contribution in [0.2, 0.25) is 0 Å². The lowest BCUT2D eigenvalue weighted by Gasteiger charge is -2.32. The molecule has 0 atom stereocenters. The smallest absolute Gasteiger partial charge is 0.0606 e. The van der Waals surface area contributed by atoms with Crippen LogP contribution in [0, 0.1) is 6.92 Å². The molecule has 4 heteroatoms. The lowest BCUT2D eigenvalue weighted by atomic mass is 10.1. The van der Waals surface area contributed by atoms with Crippen molar-refractivity contribution in [1.82, 2.24) is 4.98 Å². The third-order valence-electron chi connectivity index (χ3n) is 4.46. The quantitative estimate of drug-likeness (QED) is 0.848. The molecule has 0 saturated heterocycles. The van der Waals surface area contributed by atoms with E-state index in [0.29, 0.717) is 12.6 Å². The first kappa shape index (κ1) is 14.1. The second kappa shape index (κ2) is 5.90. The molecule has 1 aromatic heterocycles. The van der Waals surface area contributed by atoms with E-state index in [1.807, 2.05) is 19.2 Å². The van der Waals surface area contributed by atoms with Crippen molar-refractivity contribution >= 4 is 22.1 Å². The van der Waals surface area contributed by atoms with Crippen LogP contribution in [-0.4, -0.2) is 29.3 Å². The normalized spacial score (nSPS) is 15.7. The van der Waals surface area contributed by atoms with Crippen LogP contribution >= 0.6 is 0 Å². The molecule has 0 amide bonds. The number of nitrogen functional groups attached to an aromatic ring is 1. The number of nitrogens with zero attached hydrogens (tertiary/aromatic N) is 2. The van der Waals surface area contributed by atoms with Crippen molar-refractivity contribution in [3.63, 3.8) is 0 Å². The van der Waals surface area contributed by atoms with E-state index in [-0.39, 0.29) is 6.61 Å². The van der Waals surface area contributed by atoms with Gasteiger partial charge in [-0.15, -0.1) is 0 Å². The number of aliphatic hydroxyl groups excluding tert-OH is 1. The Morgan fingerprint density at radius 3 is 2.76 bits per heavy atom. The number of aromatic nitrogens is 1. The monoisotopic (exact) mass is 285 g/mol. The molecule has 1 aliphatic rings. The summed E-state index contributed by atoms with van der Waals surface area (Å²) in [5.41, 5.74) is 9.02. The van der Waals surface area contributed by atoms with Crippen LogP contribution in [0.25, 0.3) is 10.8 Å². The molecule has 1 heterocycles. The number of aryl methyl sites for hydroxylation is 1. The third-order valence-corrected chi connectivity index (χ3v) is 4.46. The number of hydrogen-bond acceptors (Lipinski definition) is 4. The fourth-order valence-corrected chi connectivity index (χ4v) is 3.42. The predicted octanol–water partition coefficient (Wildman–Crippen LogP) is 2.87. The molecular formula is C17H23N3O. The summed E-state index contributed by atoms with van der Waals surface area (Å²) < 4.78 is 0. The van der Waals surface area contributed by atoms with Gasteiger partial charge >= 0.3 is 0 Å². The first-order valence-corrected chi connectivity index (χ1v) is 7.73. The third kappa shape index (κ3) is 2.68. The van der Waals surface area contributed by atoms with Crippen molar-refractivity contribution in [2.24, 2.45) is 0 Å². The van der Waals surface area contributed by atoms with Gasteiger partial charge in [0.25, 0.3) is 0 Å². The summed E-state index contributed by atoms with van der Waals surface area (Å²) >= 11 is 0.